The Kier molecular flexibility index (Phi) is 48.1. The lowest BCUT2D eigenvalue weighted by Crippen LogP contribution is -2.69. The Bertz CT molecular complexity index is 2980. The lowest BCUT2D eigenvalue weighted by atomic mass is 9.84. The molecule has 0 aromatic rings. The quantitative estimate of drug-likeness (QED) is 0.0118. The zero-order chi connectivity index (χ0) is 90.2. The molecule has 0 spiro atoms. The SMILES string of the molecule is CCCCCC/C=C\CCCCCCCC(=O)O[C@H](COC(=O)CCCCCCCCCCCCCCCCC)COP(=O)(O)O[C@@H]1C(O[C@@H]2OC(CO[C@@H]3OC(CO[C@@H]4OC(CO[C@@H]5OC(CO[C@@H]6OC(CO)[C@H](O)C(O)[C@@H]6O)[C@H](O)C(O)[C@@H]5O)[C@H](O)C(O)[C@@H]4O)[C@H](O)C(O)[C@@H]3O)[C@H](O)C(O)[C@@H]2O)C(O)[C@@H](O)C(O)[C@H]1O[C@H]1OC(CO)[C@@H](O)C(O)[C@H]1O. The summed E-state index contributed by atoms with van der Waals surface area (Å²) in [6.45, 7) is -2.93. The van der Waals surface area contributed by atoms with E-state index in [1.54, 1.807) is 0 Å². The standard InChI is InChI=1S/C79H141O43P/c1-3-5-7-9-11-13-15-17-18-20-21-23-25-27-29-31-48(82)107-35-41(113-49(83)32-30-28-26-24-22-19-16-14-12-10-8-6-4-2)36-112-123(105,106)122-73-71(120-78-69(103)57(91)51(85)43(34-81)115-78)63(97)62(96)64(98)72(73)121-79-70(104)61(95)55(89)47(119-79)40-111-77-68(102)60(94)54(88)46(118-77)39-110-76-67(101)59(93)53(87)45(117-76)38-109-75-66(100)58(92)52(86)44(116-75)37-108-74-65(99)56(90)50(84)42(33-80)114-74/h14,16,41-47,50-81,84-104H,3-13,15,17-40H2,1-2H3,(H,105,106)/b16-14-/t41-,42?,43?,44?,45?,46?,47?,50+,51-,52+,53+,54+,55+,56?,57?,58?,59?,60?,61?,62+,63?,64?,65+,66+,67+,68+,69-,70+,71-,72?,73+,74-,75-,76-,77-,78-,79+/m1/s1. The molecule has 24 N–H and O–H groups in total. The number of hydrogen-bond acceptors (Lipinski definition) is 42. The summed E-state index contributed by atoms with van der Waals surface area (Å²) in [5.74, 6) is -1.51. The Hall–Kier alpha value is -2.61. The number of phosphoric ester groups is 1. The molecule has 1 saturated carbocycles. The molecule has 0 amide bonds. The molecule has 1 aliphatic carbocycles. The largest absolute Gasteiger partial charge is 0.472 e. The van der Waals surface area contributed by atoms with Gasteiger partial charge in [-0.1, -0.05) is 154 Å². The van der Waals surface area contributed by atoms with Crippen molar-refractivity contribution >= 4 is 19.8 Å². The maximum absolute atomic E-state index is 14.5. The molecule has 38 atom stereocenters. The maximum atomic E-state index is 14.5. The number of hydrogen-bond donors (Lipinski definition) is 24. The van der Waals surface area contributed by atoms with Gasteiger partial charge in [-0.05, 0) is 38.5 Å². The molecule has 16 unspecified atom stereocenters. The van der Waals surface area contributed by atoms with E-state index in [1.807, 2.05) is 0 Å². The van der Waals surface area contributed by atoms with Gasteiger partial charge in [0.25, 0.3) is 0 Å². The molecule has 0 aromatic carbocycles. The predicted molar refractivity (Wildman–Crippen MR) is 417 cm³/mol. The van der Waals surface area contributed by atoms with Crippen molar-refractivity contribution in [1.82, 2.24) is 0 Å². The van der Waals surface area contributed by atoms with Crippen molar-refractivity contribution in [2.24, 2.45) is 0 Å². The summed E-state index contributed by atoms with van der Waals surface area (Å²) >= 11 is 0. The van der Waals surface area contributed by atoms with Crippen molar-refractivity contribution in [1.29, 1.82) is 0 Å². The first kappa shape index (κ1) is 107. The Morgan fingerprint density at radius 2 is 0.585 bits per heavy atom. The van der Waals surface area contributed by atoms with E-state index in [0.29, 0.717) is 25.7 Å². The molecule has 7 aliphatic rings. The molecule has 123 heavy (non-hydrogen) atoms. The number of aliphatic hydroxyl groups excluding tert-OH is 23. The molecule has 6 heterocycles. The van der Waals surface area contributed by atoms with Gasteiger partial charge in [0.05, 0.1) is 46.2 Å². The minimum atomic E-state index is -5.89. The molecule has 0 aromatic heterocycles. The normalized spacial score (nSPS) is 39.7. The second-order valence-corrected chi connectivity index (χ2v) is 34.3. The van der Waals surface area contributed by atoms with E-state index in [-0.39, 0.29) is 12.8 Å². The third kappa shape index (κ3) is 32.4. The van der Waals surface area contributed by atoms with Gasteiger partial charge in [0.15, 0.2) is 43.8 Å². The van der Waals surface area contributed by atoms with Gasteiger partial charge >= 0.3 is 19.8 Å². The number of phosphoric acid groups is 1. The van der Waals surface area contributed by atoms with Gasteiger partial charge in [-0.2, -0.15) is 0 Å². The average molecular weight is 1810 g/mol. The van der Waals surface area contributed by atoms with E-state index in [1.165, 1.54) is 64.2 Å². The summed E-state index contributed by atoms with van der Waals surface area (Å²) in [5.41, 5.74) is 0. The van der Waals surface area contributed by atoms with Crippen LogP contribution in [0.15, 0.2) is 12.2 Å². The minimum Gasteiger partial charge on any atom is -0.462 e. The third-order valence-corrected chi connectivity index (χ3v) is 24.2. The first-order valence-corrected chi connectivity index (χ1v) is 45.1. The van der Waals surface area contributed by atoms with E-state index < -0.39 is 300 Å². The van der Waals surface area contributed by atoms with E-state index in [0.717, 1.165) is 77.0 Å². The van der Waals surface area contributed by atoms with Crippen molar-refractivity contribution in [2.45, 2.75) is 421 Å². The van der Waals surface area contributed by atoms with Crippen LogP contribution in [0.2, 0.25) is 0 Å². The Morgan fingerprint density at radius 3 is 0.927 bits per heavy atom. The number of unbranched alkanes of at least 4 members (excludes halogenated alkanes) is 23. The molecule has 44 heteroatoms. The first-order chi connectivity index (χ1) is 58.7. The zero-order valence-electron chi connectivity index (χ0n) is 69.9. The predicted octanol–water partition coefficient (Wildman–Crippen LogP) is -4.77. The molecule has 720 valence electrons. The van der Waals surface area contributed by atoms with Gasteiger partial charge in [-0.3, -0.25) is 18.6 Å². The van der Waals surface area contributed by atoms with E-state index >= 15 is 0 Å². The summed E-state index contributed by atoms with van der Waals surface area (Å²) in [6, 6.07) is 0. The summed E-state index contributed by atoms with van der Waals surface area (Å²) in [4.78, 5) is 38.4. The monoisotopic (exact) mass is 1810 g/mol. The van der Waals surface area contributed by atoms with Crippen molar-refractivity contribution in [3.05, 3.63) is 12.2 Å². The molecule has 6 aliphatic heterocycles. The van der Waals surface area contributed by atoms with Crippen LogP contribution in [0.1, 0.15) is 194 Å². The van der Waals surface area contributed by atoms with Crippen molar-refractivity contribution in [3.8, 4) is 0 Å². The number of ether oxygens (including phenoxy) is 14. The fourth-order valence-corrected chi connectivity index (χ4v) is 16.4. The van der Waals surface area contributed by atoms with E-state index in [4.69, 9.17) is 75.4 Å². The van der Waals surface area contributed by atoms with Gasteiger partial charge < -0.3 is 189 Å². The lowest BCUT2D eigenvalue weighted by molar-refractivity contribution is -0.365. The summed E-state index contributed by atoms with van der Waals surface area (Å²) in [5, 5.41) is 250. The highest BCUT2D eigenvalue weighted by Crippen LogP contribution is 2.49. The van der Waals surface area contributed by atoms with E-state index in [2.05, 4.69) is 26.0 Å². The fraction of sp³-hybridized carbons (Fsp3) is 0.949. The van der Waals surface area contributed by atoms with Gasteiger partial charge in [-0.25, -0.2) is 4.57 Å². The molecular formula is C79H141O43P. The van der Waals surface area contributed by atoms with Crippen LogP contribution in [0.3, 0.4) is 0 Å². The first-order valence-electron chi connectivity index (χ1n) is 43.6. The van der Waals surface area contributed by atoms with Crippen molar-refractivity contribution in [3.63, 3.8) is 0 Å². The molecule has 0 bridgehead atoms. The number of carbonyl (C=O) groups is 2. The van der Waals surface area contributed by atoms with Gasteiger partial charge in [0.1, 0.15) is 190 Å². The van der Waals surface area contributed by atoms with Crippen LogP contribution in [0, 0.1) is 0 Å². The molecule has 7 fully saturated rings. The van der Waals surface area contributed by atoms with Crippen molar-refractivity contribution in [2.75, 3.05) is 52.9 Å². The summed E-state index contributed by atoms with van der Waals surface area (Å²) in [7, 11) is -5.89. The number of rotatable bonds is 55. The lowest BCUT2D eigenvalue weighted by Gasteiger charge is -2.49. The number of esters is 2. The second-order valence-electron chi connectivity index (χ2n) is 32.9. The smallest absolute Gasteiger partial charge is 0.462 e. The average Bonchev–Trinajstić information content (AvgIpc) is 0.757. The minimum absolute atomic E-state index is 0.0311. The Balaban J connectivity index is 1.00. The summed E-state index contributed by atoms with van der Waals surface area (Å²) < 4.78 is 104. The fourth-order valence-electron chi connectivity index (χ4n) is 15.4. The topological polar surface area (TPSA) is 684 Å². The van der Waals surface area contributed by atoms with Crippen molar-refractivity contribution < 1.29 is 212 Å². The number of carbonyl (C=O) groups excluding carboxylic acids is 2. The van der Waals surface area contributed by atoms with Gasteiger partial charge in [0, 0.05) is 12.8 Å². The highest BCUT2D eigenvalue weighted by molar-refractivity contribution is 7.47. The van der Waals surface area contributed by atoms with Crippen LogP contribution in [0.4, 0.5) is 0 Å². The highest BCUT2D eigenvalue weighted by atomic mass is 31.2. The Labute approximate surface area is 714 Å². The molecule has 7 rings (SSSR count). The van der Waals surface area contributed by atoms with Crippen LogP contribution >= 0.6 is 7.82 Å². The van der Waals surface area contributed by atoms with Gasteiger partial charge in [-0.15, -0.1) is 0 Å². The maximum Gasteiger partial charge on any atom is 0.472 e. The summed E-state index contributed by atoms with van der Waals surface area (Å²) in [6.07, 6.45) is -46.3. The Morgan fingerprint density at radius 1 is 0.317 bits per heavy atom. The molecule has 6 saturated heterocycles. The van der Waals surface area contributed by atoms with Crippen LogP contribution in [0.5, 0.6) is 0 Å². The van der Waals surface area contributed by atoms with Crippen LogP contribution in [-0.4, -0.2) is 414 Å². The number of allylic oxidation sites excluding steroid dienone is 2. The van der Waals surface area contributed by atoms with Crippen LogP contribution < -0.4 is 0 Å². The zero-order valence-corrected chi connectivity index (χ0v) is 70.8. The third-order valence-electron chi connectivity index (χ3n) is 23.2. The van der Waals surface area contributed by atoms with Crippen LogP contribution in [-0.2, 0) is 89.5 Å². The van der Waals surface area contributed by atoms with Gasteiger partial charge in [0.2, 0.25) is 0 Å². The van der Waals surface area contributed by atoms with Crippen LogP contribution in [0.25, 0.3) is 0 Å². The second kappa shape index (κ2) is 55.0. The molecule has 0 radical (unpaired) electrons. The molecular weight excluding hydrogens is 1670 g/mol. The highest BCUT2D eigenvalue weighted by Gasteiger charge is 2.60. The molecule has 43 nitrogen and oxygen atoms in total. The van der Waals surface area contributed by atoms with E-state index in [9.17, 15) is 136 Å². The number of aliphatic hydroxyl groups is 23.